The van der Waals surface area contributed by atoms with Gasteiger partial charge in [-0.1, -0.05) is 55.5 Å². The number of hydrogen-bond acceptors (Lipinski definition) is 5. The first-order chi connectivity index (χ1) is 17.8. The second-order valence-electron chi connectivity index (χ2n) is 10.4. The van der Waals surface area contributed by atoms with E-state index >= 15 is 0 Å². The molecule has 0 fully saturated rings. The zero-order valence-corrected chi connectivity index (χ0v) is 23.2. The number of alkyl carbamates (subject to hydrolysis) is 1. The lowest BCUT2D eigenvalue weighted by atomic mass is 9.97. The number of aryl methyl sites for hydroxylation is 2. The van der Waals surface area contributed by atoms with Crippen molar-refractivity contribution in [3.05, 3.63) is 70.8 Å². The van der Waals surface area contributed by atoms with Gasteiger partial charge in [-0.2, -0.15) is 0 Å². The third-order valence-electron chi connectivity index (χ3n) is 5.86. The predicted molar refractivity (Wildman–Crippen MR) is 146 cm³/mol. The van der Waals surface area contributed by atoms with Gasteiger partial charge in [0, 0.05) is 13.1 Å². The van der Waals surface area contributed by atoms with Crippen LogP contribution in [-0.4, -0.2) is 46.9 Å². The third-order valence-corrected chi connectivity index (χ3v) is 5.86. The highest BCUT2D eigenvalue weighted by atomic mass is 16.6. The monoisotopic (exact) mass is 524 g/mol. The lowest BCUT2D eigenvalue weighted by Crippen LogP contribution is -2.54. The van der Waals surface area contributed by atoms with Crippen LogP contribution in [0.1, 0.15) is 68.8 Å². The highest BCUT2D eigenvalue weighted by Gasteiger charge is 2.36. The van der Waals surface area contributed by atoms with Crippen LogP contribution < -0.4 is 16.4 Å². The van der Waals surface area contributed by atoms with Gasteiger partial charge in [0.25, 0.3) is 0 Å². The second kappa shape index (κ2) is 13.6. The minimum Gasteiger partial charge on any atom is -0.444 e. The summed E-state index contributed by atoms with van der Waals surface area (Å²) >= 11 is 0. The standard InChI is InChI=1S/C29H40N4O5/c1-7-15-33(27(36)23(17-24(30)34)32-28(37)38-29(4,5)6)25(22-14-13-19(2)20(3)16-22)26(35)31-18-21-11-9-8-10-12-21/h8-14,16,23,25H,7,15,17-18H2,1-6H3,(H2,30,34)(H,31,35)(H,32,37). The summed E-state index contributed by atoms with van der Waals surface area (Å²) in [5.74, 6) is -1.75. The van der Waals surface area contributed by atoms with Crippen LogP contribution in [0.4, 0.5) is 4.79 Å². The highest BCUT2D eigenvalue weighted by Crippen LogP contribution is 2.26. The van der Waals surface area contributed by atoms with Crippen LogP contribution >= 0.6 is 0 Å². The van der Waals surface area contributed by atoms with Crippen LogP contribution in [0, 0.1) is 13.8 Å². The molecule has 2 atom stereocenters. The minimum absolute atomic E-state index is 0.209. The zero-order chi connectivity index (χ0) is 28.5. The summed E-state index contributed by atoms with van der Waals surface area (Å²) in [6.45, 7) is 11.3. The topological polar surface area (TPSA) is 131 Å². The molecule has 0 aliphatic rings. The van der Waals surface area contributed by atoms with Gasteiger partial charge in [0.1, 0.15) is 17.7 Å². The molecule has 0 bridgehead atoms. The summed E-state index contributed by atoms with van der Waals surface area (Å²) in [6.07, 6.45) is -0.761. The number of nitrogens with one attached hydrogen (secondary N) is 2. The Balaban J connectivity index is 2.47. The van der Waals surface area contributed by atoms with Crippen LogP contribution in [0.2, 0.25) is 0 Å². The van der Waals surface area contributed by atoms with Crippen molar-refractivity contribution >= 4 is 23.8 Å². The van der Waals surface area contributed by atoms with Gasteiger partial charge in [0.05, 0.1) is 6.42 Å². The van der Waals surface area contributed by atoms with Crippen LogP contribution in [-0.2, 0) is 25.7 Å². The molecule has 0 saturated carbocycles. The number of nitrogens with zero attached hydrogens (tertiary/aromatic N) is 1. The van der Waals surface area contributed by atoms with Gasteiger partial charge in [-0.15, -0.1) is 0 Å². The highest BCUT2D eigenvalue weighted by molar-refractivity contribution is 5.94. The lowest BCUT2D eigenvalue weighted by Gasteiger charge is -2.34. The van der Waals surface area contributed by atoms with Gasteiger partial charge in [-0.3, -0.25) is 14.4 Å². The fourth-order valence-corrected chi connectivity index (χ4v) is 3.95. The van der Waals surface area contributed by atoms with Crippen molar-refractivity contribution in [1.82, 2.24) is 15.5 Å². The molecule has 2 aromatic rings. The van der Waals surface area contributed by atoms with Gasteiger partial charge in [0.2, 0.25) is 17.7 Å². The molecule has 0 saturated heterocycles. The smallest absolute Gasteiger partial charge is 0.408 e. The number of benzene rings is 2. The summed E-state index contributed by atoms with van der Waals surface area (Å²) in [5, 5.41) is 5.42. The molecule has 0 aliphatic heterocycles. The van der Waals surface area contributed by atoms with Gasteiger partial charge in [-0.05, 0) is 63.3 Å². The van der Waals surface area contributed by atoms with Gasteiger partial charge in [-0.25, -0.2) is 4.79 Å². The molecule has 0 aliphatic carbocycles. The van der Waals surface area contributed by atoms with E-state index in [4.69, 9.17) is 10.5 Å². The van der Waals surface area contributed by atoms with Crippen LogP contribution in [0.15, 0.2) is 48.5 Å². The number of primary amides is 1. The average Bonchev–Trinajstić information content (AvgIpc) is 2.83. The molecule has 9 heteroatoms. The molecular weight excluding hydrogens is 484 g/mol. The predicted octanol–water partition coefficient (Wildman–Crippen LogP) is 3.67. The molecule has 0 heterocycles. The summed E-state index contributed by atoms with van der Waals surface area (Å²) in [7, 11) is 0. The Morgan fingerprint density at radius 1 is 1.00 bits per heavy atom. The van der Waals surface area contributed by atoms with Crippen LogP contribution in [0.3, 0.4) is 0 Å². The van der Waals surface area contributed by atoms with E-state index in [1.165, 1.54) is 4.90 Å². The molecule has 0 spiro atoms. The van der Waals surface area contributed by atoms with Gasteiger partial charge in [0.15, 0.2) is 0 Å². The summed E-state index contributed by atoms with van der Waals surface area (Å²) < 4.78 is 5.30. The van der Waals surface area contributed by atoms with E-state index in [0.717, 1.165) is 16.7 Å². The van der Waals surface area contributed by atoms with E-state index < -0.39 is 42.0 Å². The van der Waals surface area contributed by atoms with Crippen molar-refractivity contribution < 1.29 is 23.9 Å². The Bertz CT molecular complexity index is 1130. The first-order valence-corrected chi connectivity index (χ1v) is 12.8. The average molecular weight is 525 g/mol. The Morgan fingerprint density at radius 3 is 2.21 bits per heavy atom. The molecule has 2 aromatic carbocycles. The molecule has 0 aromatic heterocycles. The molecule has 4 N–H and O–H groups in total. The summed E-state index contributed by atoms with van der Waals surface area (Å²) in [4.78, 5) is 53.3. The Hall–Kier alpha value is -3.88. The first kappa shape index (κ1) is 30.3. The van der Waals surface area contributed by atoms with Crippen molar-refractivity contribution in [2.45, 2.75) is 78.6 Å². The SMILES string of the molecule is CCCN(C(=O)C(CC(N)=O)NC(=O)OC(C)(C)C)C(C(=O)NCc1ccccc1)c1ccc(C)c(C)c1. The number of carbonyl (C=O) groups excluding carboxylic acids is 4. The van der Waals surface area contributed by atoms with E-state index in [0.29, 0.717) is 12.0 Å². The molecule has 4 amide bonds. The molecule has 9 nitrogen and oxygen atoms in total. The van der Waals surface area contributed by atoms with Crippen LogP contribution in [0.25, 0.3) is 0 Å². The molecule has 2 rings (SSSR count). The zero-order valence-electron chi connectivity index (χ0n) is 23.2. The molecule has 206 valence electrons. The Kier molecular flexibility index (Phi) is 10.9. The lowest BCUT2D eigenvalue weighted by molar-refractivity contribution is -0.143. The maximum Gasteiger partial charge on any atom is 0.408 e. The number of amides is 4. The number of hydrogen-bond donors (Lipinski definition) is 3. The third kappa shape index (κ3) is 9.21. The normalized spacial score (nSPS) is 12.7. The summed E-state index contributed by atoms with van der Waals surface area (Å²) in [6, 6.07) is 12.7. The number of nitrogens with two attached hydrogens (primary N) is 1. The van der Waals surface area contributed by atoms with E-state index in [1.807, 2.05) is 69.3 Å². The minimum atomic E-state index is -1.30. The Morgan fingerprint density at radius 2 is 1.66 bits per heavy atom. The van der Waals surface area contributed by atoms with E-state index in [1.54, 1.807) is 20.8 Å². The largest absolute Gasteiger partial charge is 0.444 e. The fraction of sp³-hybridized carbons (Fsp3) is 0.448. The van der Waals surface area contributed by atoms with Crippen molar-refractivity contribution in [3.8, 4) is 0 Å². The number of ether oxygens (including phenoxy) is 1. The molecule has 2 unspecified atom stereocenters. The molecular formula is C29H40N4O5. The van der Waals surface area contributed by atoms with E-state index in [9.17, 15) is 19.2 Å². The second-order valence-corrected chi connectivity index (χ2v) is 10.4. The van der Waals surface area contributed by atoms with E-state index in [-0.39, 0.29) is 19.0 Å². The Labute approximate surface area is 225 Å². The number of rotatable bonds is 11. The van der Waals surface area contributed by atoms with Crippen molar-refractivity contribution in [2.75, 3.05) is 6.54 Å². The fourth-order valence-electron chi connectivity index (χ4n) is 3.95. The van der Waals surface area contributed by atoms with Gasteiger partial charge < -0.3 is 26.0 Å². The quantitative estimate of drug-likeness (QED) is 0.413. The first-order valence-electron chi connectivity index (χ1n) is 12.8. The van der Waals surface area contributed by atoms with Crippen LogP contribution in [0.5, 0.6) is 0 Å². The summed E-state index contributed by atoms with van der Waals surface area (Å²) in [5.41, 5.74) is 8.15. The number of carbonyl (C=O) groups is 4. The maximum atomic E-state index is 13.9. The molecule has 0 radical (unpaired) electrons. The van der Waals surface area contributed by atoms with Crippen molar-refractivity contribution in [3.63, 3.8) is 0 Å². The van der Waals surface area contributed by atoms with E-state index in [2.05, 4.69) is 10.6 Å². The maximum absolute atomic E-state index is 13.9. The molecule has 38 heavy (non-hydrogen) atoms. The van der Waals surface area contributed by atoms with Gasteiger partial charge >= 0.3 is 6.09 Å². The van der Waals surface area contributed by atoms with Crippen molar-refractivity contribution in [1.29, 1.82) is 0 Å². The van der Waals surface area contributed by atoms with Crippen molar-refractivity contribution in [2.24, 2.45) is 5.73 Å².